The van der Waals surface area contributed by atoms with E-state index in [4.69, 9.17) is 5.73 Å². The number of hydrogen-bond donors (Lipinski definition) is 2. The minimum Gasteiger partial charge on any atom is -0.325 e. The Labute approximate surface area is 97.5 Å². The summed E-state index contributed by atoms with van der Waals surface area (Å²) < 4.78 is 0. The highest BCUT2D eigenvalue weighted by molar-refractivity contribution is 5.16. The zero-order chi connectivity index (χ0) is 11.4. The van der Waals surface area contributed by atoms with Crippen LogP contribution in [0.4, 0.5) is 0 Å². The third-order valence-electron chi connectivity index (χ3n) is 3.63. The Morgan fingerprint density at radius 3 is 2.94 bits per heavy atom. The van der Waals surface area contributed by atoms with Gasteiger partial charge >= 0.3 is 0 Å². The van der Waals surface area contributed by atoms with Gasteiger partial charge in [-0.15, -0.1) is 0 Å². The smallest absolute Gasteiger partial charge is 0.0542 e. The lowest BCUT2D eigenvalue weighted by Crippen LogP contribution is -2.23. The summed E-state index contributed by atoms with van der Waals surface area (Å²) in [6.45, 7) is 4.88. The number of pyridine rings is 1. The van der Waals surface area contributed by atoms with Gasteiger partial charge in [-0.25, -0.2) is 0 Å². The van der Waals surface area contributed by atoms with Gasteiger partial charge in [0.15, 0.2) is 0 Å². The van der Waals surface area contributed by atoms with Gasteiger partial charge in [-0.3, -0.25) is 4.98 Å². The molecule has 1 fully saturated rings. The molecule has 0 atom stereocenters. The fourth-order valence-corrected chi connectivity index (χ4v) is 2.05. The van der Waals surface area contributed by atoms with E-state index < -0.39 is 0 Å². The summed E-state index contributed by atoms with van der Waals surface area (Å²) >= 11 is 0. The van der Waals surface area contributed by atoms with Crippen LogP contribution in [-0.2, 0) is 13.1 Å². The molecule has 3 nitrogen and oxygen atoms in total. The van der Waals surface area contributed by atoms with Crippen molar-refractivity contribution in [1.82, 2.24) is 10.3 Å². The summed E-state index contributed by atoms with van der Waals surface area (Å²) in [7, 11) is 0. The van der Waals surface area contributed by atoms with Crippen LogP contribution in [-0.4, -0.2) is 11.5 Å². The molecule has 3 N–H and O–H groups in total. The van der Waals surface area contributed by atoms with Gasteiger partial charge in [-0.05, 0) is 42.4 Å². The van der Waals surface area contributed by atoms with Crippen LogP contribution in [0.2, 0.25) is 0 Å². The molecule has 16 heavy (non-hydrogen) atoms. The van der Waals surface area contributed by atoms with Crippen LogP contribution in [0.3, 0.4) is 0 Å². The molecule has 0 aromatic carbocycles. The minimum absolute atomic E-state index is 0.521. The van der Waals surface area contributed by atoms with E-state index in [1.54, 1.807) is 0 Å². The van der Waals surface area contributed by atoms with Crippen LogP contribution in [0.15, 0.2) is 18.3 Å². The Hall–Kier alpha value is -0.930. The fraction of sp³-hybridized carbons (Fsp3) is 0.615. The van der Waals surface area contributed by atoms with E-state index in [0.717, 1.165) is 18.8 Å². The van der Waals surface area contributed by atoms with E-state index >= 15 is 0 Å². The van der Waals surface area contributed by atoms with Crippen LogP contribution >= 0.6 is 0 Å². The van der Waals surface area contributed by atoms with Gasteiger partial charge in [0, 0.05) is 25.8 Å². The molecule has 1 aromatic rings. The third-order valence-corrected chi connectivity index (χ3v) is 3.63. The molecule has 3 heteroatoms. The Morgan fingerprint density at radius 1 is 1.50 bits per heavy atom. The van der Waals surface area contributed by atoms with Crippen molar-refractivity contribution in [1.29, 1.82) is 0 Å². The van der Waals surface area contributed by atoms with Gasteiger partial charge in [0.2, 0.25) is 0 Å². The predicted octanol–water partition coefficient (Wildman–Crippen LogP) is 1.82. The number of rotatable bonds is 6. The second-order valence-electron chi connectivity index (χ2n) is 4.82. The van der Waals surface area contributed by atoms with E-state index in [1.165, 1.54) is 24.8 Å². The molecule has 0 saturated heterocycles. The number of nitrogens with two attached hydrogens (primary N) is 1. The maximum Gasteiger partial charge on any atom is 0.0542 e. The van der Waals surface area contributed by atoms with Gasteiger partial charge in [-0.1, -0.05) is 6.92 Å². The topological polar surface area (TPSA) is 50.9 Å². The van der Waals surface area contributed by atoms with Gasteiger partial charge in [0.05, 0.1) is 5.69 Å². The van der Waals surface area contributed by atoms with Crippen molar-refractivity contribution in [2.45, 2.75) is 39.3 Å². The normalized spacial score (nSPS) is 17.4. The lowest BCUT2D eigenvalue weighted by Gasteiger charge is -2.13. The van der Waals surface area contributed by atoms with Crippen LogP contribution in [0, 0.1) is 5.41 Å². The van der Waals surface area contributed by atoms with Crippen molar-refractivity contribution in [3.63, 3.8) is 0 Å². The molecule has 1 aliphatic rings. The average Bonchev–Trinajstić information content (AvgIpc) is 3.10. The van der Waals surface area contributed by atoms with Crippen molar-refractivity contribution >= 4 is 0 Å². The van der Waals surface area contributed by atoms with Crippen LogP contribution < -0.4 is 11.1 Å². The Bertz CT molecular complexity index is 345. The fourth-order valence-electron chi connectivity index (χ4n) is 2.05. The van der Waals surface area contributed by atoms with Gasteiger partial charge in [0.25, 0.3) is 0 Å². The van der Waals surface area contributed by atoms with E-state index in [1.807, 2.05) is 6.20 Å². The zero-order valence-corrected chi connectivity index (χ0v) is 10.00. The molecule has 0 bridgehead atoms. The molecular formula is C13H21N3. The standard InChI is InChI=1S/C13H21N3/c1-2-13(4-5-13)10-15-9-11-3-6-16-12(7-11)8-14/h3,6-7,15H,2,4-5,8-10,14H2,1H3. The summed E-state index contributed by atoms with van der Waals surface area (Å²) in [5.74, 6) is 0. The highest BCUT2D eigenvalue weighted by Crippen LogP contribution is 2.47. The first-order chi connectivity index (χ1) is 7.78. The van der Waals surface area contributed by atoms with Crippen molar-refractivity contribution in [3.8, 4) is 0 Å². The van der Waals surface area contributed by atoms with Gasteiger partial charge in [-0.2, -0.15) is 0 Å². The molecule has 0 aliphatic heterocycles. The molecule has 1 aromatic heterocycles. The van der Waals surface area contributed by atoms with Crippen molar-refractivity contribution < 1.29 is 0 Å². The van der Waals surface area contributed by atoms with Crippen molar-refractivity contribution in [3.05, 3.63) is 29.6 Å². The van der Waals surface area contributed by atoms with E-state index in [2.05, 4.69) is 29.4 Å². The molecule has 2 rings (SSSR count). The first-order valence-electron chi connectivity index (χ1n) is 6.12. The minimum atomic E-state index is 0.521. The highest BCUT2D eigenvalue weighted by Gasteiger charge is 2.39. The molecule has 1 aliphatic carbocycles. The largest absolute Gasteiger partial charge is 0.325 e. The first-order valence-corrected chi connectivity index (χ1v) is 6.12. The van der Waals surface area contributed by atoms with E-state index in [0.29, 0.717) is 12.0 Å². The van der Waals surface area contributed by atoms with Crippen molar-refractivity contribution in [2.24, 2.45) is 11.1 Å². The van der Waals surface area contributed by atoms with Crippen LogP contribution in [0.25, 0.3) is 0 Å². The third kappa shape index (κ3) is 2.80. The molecule has 0 amide bonds. The molecule has 0 radical (unpaired) electrons. The first kappa shape index (κ1) is 11.6. The lowest BCUT2D eigenvalue weighted by atomic mass is 10.0. The van der Waals surface area contributed by atoms with Gasteiger partial charge in [0.1, 0.15) is 0 Å². The number of aromatic nitrogens is 1. The Balaban J connectivity index is 1.80. The van der Waals surface area contributed by atoms with Gasteiger partial charge < -0.3 is 11.1 Å². The lowest BCUT2D eigenvalue weighted by molar-refractivity contribution is 0.443. The van der Waals surface area contributed by atoms with E-state index in [9.17, 15) is 0 Å². The quantitative estimate of drug-likeness (QED) is 0.767. The second-order valence-corrected chi connectivity index (χ2v) is 4.82. The number of nitrogens with one attached hydrogen (secondary N) is 1. The van der Waals surface area contributed by atoms with Crippen LogP contribution in [0.5, 0.6) is 0 Å². The molecule has 88 valence electrons. The molecule has 1 heterocycles. The summed E-state index contributed by atoms with van der Waals surface area (Å²) in [4.78, 5) is 4.19. The SMILES string of the molecule is CCC1(CNCc2ccnc(CN)c2)CC1. The zero-order valence-electron chi connectivity index (χ0n) is 10.00. The maximum atomic E-state index is 5.57. The predicted molar refractivity (Wildman–Crippen MR) is 65.8 cm³/mol. The van der Waals surface area contributed by atoms with Crippen LogP contribution in [0.1, 0.15) is 37.4 Å². The Kier molecular flexibility index (Phi) is 3.56. The monoisotopic (exact) mass is 219 g/mol. The molecule has 1 saturated carbocycles. The summed E-state index contributed by atoms with van der Waals surface area (Å²) in [6.07, 6.45) is 5.91. The average molecular weight is 219 g/mol. The maximum absolute atomic E-state index is 5.57. The summed E-state index contributed by atoms with van der Waals surface area (Å²) in [5, 5.41) is 3.54. The number of nitrogens with zero attached hydrogens (tertiary/aromatic N) is 1. The second kappa shape index (κ2) is 4.93. The highest BCUT2D eigenvalue weighted by atomic mass is 14.9. The summed E-state index contributed by atoms with van der Waals surface area (Å²) in [6, 6.07) is 4.14. The molecular weight excluding hydrogens is 198 g/mol. The Morgan fingerprint density at radius 2 is 2.31 bits per heavy atom. The molecule has 0 unspecified atom stereocenters. The van der Waals surface area contributed by atoms with Crippen molar-refractivity contribution in [2.75, 3.05) is 6.54 Å². The summed E-state index contributed by atoms with van der Waals surface area (Å²) in [5.41, 5.74) is 8.43. The molecule has 0 spiro atoms. The van der Waals surface area contributed by atoms with E-state index in [-0.39, 0.29) is 0 Å². The number of hydrogen-bond acceptors (Lipinski definition) is 3.